The van der Waals surface area contributed by atoms with Gasteiger partial charge in [0, 0.05) is 12.1 Å². The summed E-state index contributed by atoms with van der Waals surface area (Å²) in [6.45, 7) is 0. The van der Waals surface area contributed by atoms with Crippen LogP contribution in [-0.4, -0.2) is 9.85 Å². The van der Waals surface area contributed by atoms with Crippen molar-refractivity contribution in [1.29, 1.82) is 0 Å². The summed E-state index contributed by atoms with van der Waals surface area (Å²) in [4.78, 5) is 21.3. The lowest BCUT2D eigenvalue weighted by Gasteiger charge is -2.03. The molecular formula is C12H8N2O5S2. The predicted molar refractivity (Wildman–Crippen MR) is 79.0 cm³/mol. The lowest BCUT2D eigenvalue weighted by atomic mass is 10.3. The van der Waals surface area contributed by atoms with Crippen LogP contribution in [0.4, 0.5) is 11.4 Å². The van der Waals surface area contributed by atoms with Crippen LogP contribution in [-0.2, 0) is 3.63 Å². The molecule has 9 heteroatoms. The summed E-state index contributed by atoms with van der Waals surface area (Å²) >= 11 is 1.58. The van der Waals surface area contributed by atoms with E-state index in [0.717, 1.165) is 24.1 Å². The third kappa shape index (κ3) is 3.94. The van der Waals surface area contributed by atoms with Gasteiger partial charge in [0.1, 0.15) is 9.79 Å². The Morgan fingerprint density at radius 3 is 1.52 bits per heavy atom. The second kappa shape index (κ2) is 7.07. The van der Waals surface area contributed by atoms with Crippen molar-refractivity contribution in [3.05, 3.63) is 68.8 Å². The predicted octanol–water partition coefficient (Wildman–Crippen LogP) is 4.23. The smallest absolute Gasteiger partial charge is 0.258 e. The third-order valence-electron chi connectivity index (χ3n) is 2.37. The standard InChI is InChI=1S/C12H8N2O5S2/c15-13(16)9-5-1-3-7-11(9)20-19-21-12-8-4-2-6-10(12)14(17)18/h1-8H. The van der Waals surface area contributed by atoms with Gasteiger partial charge in [-0.05, 0) is 12.1 Å². The average molecular weight is 324 g/mol. The number of nitrogens with zero attached hydrogens (tertiary/aromatic N) is 2. The Kier molecular flexibility index (Phi) is 5.14. The second-order valence-electron chi connectivity index (χ2n) is 3.68. The molecule has 0 heterocycles. The maximum atomic E-state index is 10.8. The number of benzene rings is 2. The summed E-state index contributed by atoms with van der Waals surface area (Å²) in [7, 11) is 0. The maximum absolute atomic E-state index is 10.8. The van der Waals surface area contributed by atoms with E-state index in [2.05, 4.69) is 0 Å². The molecule has 0 saturated carbocycles. The van der Waals surface area contributed by atoms with Crippen molar-refractivity contribution >= 4 is 35.5 Å². The zero-order valence-corrected chi connectivity index (χ0v) is 12.0. The van der Waals surface area contributed by atoms with Crippen molar-refractivity contribution in [2.75, 3.05) is 0 Å². The fourth-order valence-corrected chi connectivity index (χ4v) is 2.89. The molecule has 2 rings (SSSR count). The van der Waals surface area contributed by atoms with E-state index in [1.165, 1.54) is 12.1 Å². The van der Waals surface area contributed by atoms with Gasteiger partial charge in [-0.3, -0.25) is 20.2 Å². The minimum Gasteiger partial charge on any atom is -0.258 e. The molecule has 0 N–H and O–H groups in total. The lowest BCUT2D eigenvalue weighted by Crippen LogP contribution is -1.91. The highest BCUT2D eigenvalue weighted by Gasteiger charge is 2.16. The molecule has 0 bridgehead atoms. The van der Waals surface area contributed by atoms with E-state index in [9.17, 15) is 20.2 Å². The number of nitro groups is 2. The first-order valence-corrected chi connectivity index (χ1v) is 7.06. The summed E-state index contributed by atoms with van der Waals surface area (Å²) in [6.07, 6.45) is 0. The molecule has 2 aromatic rings. The minimum atomic E-state index is -0.513. The molecular weight excluding hydrogens is 316 g/mol. The Hall–Kier alpha value is -2.10. The topological polar surface area (TPSA) is 95.5 Å². The van der Waals surface area contributed by atoms with E-state index in [-0.39, 0.29) is 11.4 Å². The van der Waals surface area contributed by atoms with E-state index in [4.69, 9.17) is 3.63 Å². The zero-order chi connectivity index (χ0) is 15.2. The number of para-hydroxylation sites is 2. The van der Waals surface area contributed by atoms with Gasteiger partial charge in [-0.25, -0.2) is 3.63 Å². The molecule has 7 nitrogen and oxygen atoms in total. The molecule has 0 fully saturated rings. The maximum Gasteiger partial charge on any atom is 0.285 e. The molecule has 0 radical (unpaired) electrons. The summed E-state index contributed by atoms with van der Waals surface area (Å²) in [6, 6.07) is 12.2. The van der Waals surface area contributed by atoms with Crippen molar-refractivity contribution in [2.24, 2.45) is 0 Å². The Balaban J connectivity index is 2.06. The highest BCUT2D eigenvalue weighted by Crippen LogP contribution is 2.37. The summed E-state index contributed by atoms with van der Waals surface area (Å²) in [5.74, 6) is 0. The Morgan fingerprint density at radius 2 is 1.14 bits per heavy atom. The molecule has 0 saturated heterocycles. The van der Waals surface area contributed by atoms with E-state index in [0.29, 0.717) is 9.79 Å². The molecule has 0 spiro atoms. The van der Waals surface area contributed by atoms with Gasteiger partial charge in [0.2, 0.25) is 0 Å². The van der Waals surface area contributed by atoms with Crippen molar-refractivity contribution in [3.8, 4) is 0 Å². The van der Waals surface area contributed by atoms with Gasteiger partial charge < -0.3 is 0 Å². The summed E-state index contributed by atoms with van der Waals surface area (Å²) in [5.41, 5.74) is -0.156. The van der Waals surface area contributed by atoms with Crippen LogP contribution in [0.15, 0.2) is 58.3 Å². The summed E-state index contributed by atoms with van der Waals surface area (Å²) < 4.78 is 5.21. The van der Waals surface area contributed by atoms with Gasteiger partial charge in [0.25, 0.3) is 11.4 Å². The normalized spacial score (nSPS) is 10.3. The second-order valence-corrected chi connectivity index (χ2v) is 5.44. The van der Waals surface area contributed by atoms with E-state index in [1.807, 2.05) is 0 Å². The van der Waals surface area contributed by atoms with Crippen LogP contribution in [0.1, 0.15) is 0 Å². The van der Waals surface area contributed by atoms with Crippen molar-refractivity contribution < 1.29 is 13.5 Å². The Morgan fingerprint density at radius 1 is 0.762 bits per heavy atom. The number of hydrogen-bond donors (Lipinski definition) is 0. The first-order valence-electron chi connectivity index (χ1n) is 5.57. The molecule has 0 unspecified atom stereocenters. The fraction of sp³-hybridized carbons (Fsp3) is 0. The van der Waals surface area contributed by atoms with Crippen LogP contribution >= 0.6 is 24.1 Å². The number of nitro benzene ring substituents is 2. The fourth-order valence-electron chi connectivity index (χ4n) is 1.45. The highest BCUT2D eigenvalue weighted by molar-refractivity contribution is 8.08. The van der Waals surface area contributed by atoms with Crippen LogP contribution in [0.25, 0.3) is 0 Å². The average Bonchev–Trinajstić information content (AvgIpc) is 2.48. The van der Waals surface area contributed by atoms with Crippen LogP contribution in [0.3, 0.4) is 0 Å². The third-order valence-corrected chi connectivity index (χ3v) is 3.97. The molecule has 0 aromatic heterocycles. The Bertz CT molecular complexity index is 623. The van der Waals surface area contributed by atoms with E-state index < -0.39 is 9.85 Å². The van der Waals surface area contributed by atoms with Crippen molar-refractivity contribution in [1.82, 2.24) is 0 Å². The van der Waals surface area contributed by atoms with Gasteiger partial charge in [0.15, 0.2) is 0 Å². The zero-order valence-electron chi connectivity index (χ0n) is 10.4. The molecule has 21 heavy (non-hydrogen) atoms. The van der Waals surface area contributed by atoms with Crippen LogP contribution < -0.4 is 0 Å². The number of hydrogen-bond acceptors (Lipinski definition) is 7. The molecule has 0 amide bonds. The first-order chi connectivity index (χ1) is 10.1. The quantitative estimate of drug-likeness (QED) is 0.445. The lowest BCUT2D eigenvalue weighted by molar-refractivity contribution is -0.387. The minimum absolute atomic E-state index is 0.0781. The van der Waals surface area contributed by atoms with Gasteiger partial charge in [-0.2, -0.15) is 0 Å². The molecule has 0 aliphatic carbocycles. The highest BCUT2D eigenvalue weighted by atomic mass is 32.2. The van der Waals surface area contributed by atoms with Gasteiger partial charge in [0.05, 0.1) is 33.9 Å². The summed E-state index contributed by atoms with van der Waals surface area (Å²) in [5, 5.41) is 21.7. The molecule has 0 atom stereocenters. The molecule has 108 valence electrons. The Labute approximate surface area is 128 Å². The van der Waals surface area contributed by atoms with Crippen LogP contribution in [0.5, 0.6) is 0 Å². The number of rotatable bonds is 6. The first kappa shape index (κ1) is 15.3. The van der Waals surface area contributed by atoms with Gasteiger partial charge in [-0.15, -0.1) is 0 Å². The molecule has 0 aliphatic heterocycles. The van der Waals surface area contributed by atoms with Crippen molar-refractivity contribution in [2.45, 2.75) is 9.79 Å². The largest absolute Gasteiger partial charge is 0.285 e. The monoisotopic (exact) mass is 324 g/mol. The van der Waals surface area contributed by atoms with E-state index >= 15 is 0 Å². The van der Waals surface area contributed by atoms with E-state index in [1.54, 1.807) is 36.4 Å². The van der Waals surface area contributed by atoms with Crippen LogP contribution in [0.2, 0.25) is 0 Å². The SMILES string of the molecule is O=[N+]([O-])c1ccccc1SOSc1ccccc1[N+](=O)[O-]. The molecule has 0 aliphatic rings. The molecule has 2 aromatic carbocycles. The van der Waals surface area contributed by atoms with Gasteiger partial charge >= 0.3 is 0 Å². The van der Waals surface area contributed by atoms with Crippen LogP contribution in [0, 0.1) is 20.2 Å². The van der Waals surface area contributed by atoms with Gasteiger partial charge in [-0.1, -0.05) is 24.3 Å². The van der Waals surface area contributed by atoms with Crippen molar-refractivity contribution in [3.63, 3.8) is 0 Å².